The maximum absolute atomic E-state index is 11.9. The van der Waals surface area contributed by atoms with Crippen molar-refractivity contribution in [2.45, 2.75) is 24.3 Å². The molecule has 0 spiro atoms. The normalized spacial score (nSPS) is 17.7. The molecule has 1 aliphatic heterocycles. The number of aryl methyl sites for hydroxylation is 2. The fourth-order valence-corrected chi connectivity index (χ4v) is 2.86. The van der Waals surface area contributed by atoms with Gasteiger partial charge in [-0.3, -0.25) is 4.79 Å². The van der Waals surface area contributed by atoms with Crippen molar-refractivity contribution in [2.75, 3.05) is 13.2 Å². The van der Waals surface area contributed by atoms with E-state index in [4.69, 9.17) is 9.47 Å². The SMILES string of the molecule is Cc1cc(-c2cc(S)ccc2OC2CCOC2)cn(C)c1=O. The van der Waals surface area contributed by atoms with Crippen molar-refractivity contribution >= 4 is 12.6 Å². The number of nitrogens with zero attached hydrogens (tertiary/aromatic N) is 1. The molecular weight excluding hydrogens is 298 g/mol. The molecule has 1 aliphatic rings. The van der Waals surface area contributed by atoms with Crippen LogP contribution in [0.3, 0.4) is 0 Å². The lowest BCUT2D eigenvalue weighted by Gasteiger charge is -2.17. The Kier molecular flexibility index (Phi) is 4.27. The summed E-state index contributed by atoms with van der Waals surface area (Å²) in [5, 5.41) is 0. The number of hydrogen-bond acceptors (Lipinski definition) is 4. The highest BCUT2D eigenvalue weighted by Crippen LogP contribution is 2.33. The van der Waals surface area contributed by atoms with Crippen molar-refractivity contribution in [3.8, 4) is 16.9 Å². The first kappa shape index (κ1) is 15.2. The number of thiol groups is 1. The van der Waals surface area contributed by atoms with E-state index in [1.54, 1.807) is 11.6 Å². The van der Waals surface area contributed by atoms with Crippen LogP contribution in [0.4, 0.5) is 0 Å². The van der Waals surface area contributed by atoms with Crippen molar-refractivity contribution in [1.29, 1.82) is 0 Å². The van der Waals surface area contributed by atoms with E-state index in [-0.39, 0.29) is 11.7 Å². The quantitative estimate of drug-likeness (QED) is 0.885. The third-order valence-corrected chi connectivity index (χ3v) is 4.10. The Morgan fingerprint density at radius 2 is 2.18 bits per heavy atom. The smallest absolute Gasteiger partial charge is 0.253 e. The second-order valence-electron chi connectivity index (χ2n) is 5.61. The van der Waals surface area contributed by atoms with Crippen LogP contribution in [-0.2, 0) is 11.8 Å². The molecule has 0 radical (unpaired) electrons. The van der Waals surface area contributed by atoms with Crippen LogP contribution >= 0.6 is 12.6 Å². The lowest BCUT2D eigenvalue weighted by molar-refractivity contribution is 0.141. The van der Waals surface area contributed by atoms with Gasteiger partial charge in [0, 0.05) is 41.3 Å². The van der Waals surface area contributed by atoms with Gasteiger partial charge < -0.3 is 14.0 Å². The molecule has 1 fully saturated rings. The number of benzene rings is 1. The maximum atomic E-state index is 11.9. The molecule has 2 heterocycles. The van der Waals surface area contributed by atoms with Crippen molar-refractivity contribution in [1.82, 2.24) is 4.57 Å². The van der Waals surface area contributed by atoms with Gasteiger partial charge in [-0.2, -0.15) is 0 Å². The van der Waals surface area contributed by atoms with Gasteiger partial charge in [-0.05, 0) is 31.2 Å². The van der Waals surface area contributed by atoms with Crippen LogP contribution in [0.25, 0.3) is 11.1 Å². The van der Waals surface area contributed by atoms with E-state index < -0.39 is 0 Å². The summed E-state index contributed by atoms with van der Waals surface area (Å²) in [7, 11) is 1.76. The fraction of sp³-hybridized carbons (Fsp3) is 0.353. The van der Waals surface area contributed by atoms with Crippen molar-refractivity contribution in [2.24, 2.45) is 7.05 Å². The van der Waals surface area contributed by atoms with E-state index in [0.29, 0.717) is 12.2 Å². The van der Waals surface area contributed by atoms with Crippen LogP contribution < -0.4 is 10.3 Å². The van der Waals surface area contributed by atoms with Crippen LogP contribution in [0.15, 0.2) is 40.2 Å². The zero-order valence-electron chi connectivity index (χ0n) is 12.7. The summed E-state index contributed by atoms with van der Waals surface area (Å²) < 4.78 is 13.0. The maximum Gasteiger partial charge on any atom is 0.253 e. The zero-order chi connectivity index (χ0) is 15.7. The second-order valence-corrected chi connectivity index (χ2v) is 6.13. The number of ether oxygens (including phenoxy) is 2. The second kappa shape index (κ2) is 6.18. The molecular formula is C17H19NO3S. The third kappa shape index (κ3) is 3.05. The van der Waals surface area contributed by atoms with Crippen LogP contribution in [0.1, 0.15) is 12.0 Å². The molecule has 1 aromatic heterocycles. The Labute approximate surface area is 135 Å². The van der Waals surface area contributed by atoms with E-state index in [1.807, 2.05) is 37.4 Å². The third-order valence-electron chi connectivity index (χ3n) is 3.82. The Bertz CT molecular complexity index is 722. The molecule has 3 rings (SSSR count). The fourth-order valence-electron chi connectivity index (χ4n) is 2.66. The predicted octanol–water partition coefficient (Wildman–Crippen LogP) is 2.82. The molecule has 0 bridgehead atoms. The van der Waals surface area contributed by atoms with Crippen LogP contribution in [0, 0.1) is 6.92 Å². The van der Waals surface area contributed by atoms with Gasteiger partial charge in [-0.1, -0.05) is 0 Å². The summed E-state index contributed by atoms with van der Waals surface area (Å²) in [4.78, 5) is 12.7. The van der Waals surface area contributed by atoms with Gasteiger partial charge in [0.05, 0.1) is 13.2 Å². The highest BCUT2D eigenvalue weighted by Gasteiger charge is 2.19. The summed E-state index contributed by atoms with van der Waals surface area (Å²) in [5.74, 6) is 0.798. The van der Waals surface area contributed by atoms with E-state index in [9.17, 15) is 4.79 Å². The van der Waals surface area contributed by atoms with Crippen LogP contribution in [-0.4, -0.2) is 23.9 Å². The Balaban J connectivity index is 2.04. The molecule has 1 unspecified atom stereocenters. The molecule has 5 heteroatoms. The highest BCUT2D eigenvalue weighted by atomic mass is 32.1. The lowest BCUT2D eigenvalue weighted by atomic mass is 10.0. The minimum atomic E-state index is 0.0115. The first-order chi connectivity index (χ1) is 10.5. The molecule has 1 atom stereocenters. The van der Waals surface area contributed by atoms with Gasteiger partial charge in [0.1, 0.15) is 11.9 Å². The lowest BCUT2D eigenvalue weighted by Crippen LogP contribution is -2.19. The van der Waals surface area contributed by atoms with Gasteiger partial charge in [0.25, 0.3) is 5.56 Å². The minimum Gasteiger partial charge on any atom is -0.487 e. The summed E-state index contributed by atoms with van der Waals surface area (Å²) in [6.45, 7) is 3.18. The molecule has 0 saturated carbocycles. The van der Waals surface area contributed by atoms with Gasteiger partial charge in [0.2, 0.25) is 0 Å². The zero-order valence-corrected chi connectivity index (χ0v) is 13.6. The summed E-state index contributed by atoms with van der Waals surface area (Å²) in [6.07, 6.45) is 2.81. The summed E-state index contributed by atoms with van der Waals surface area (Å²) >= 11 is 4.42. The highest BCUT2D eigenvalue weighted by molar-refractivity contribution is 7.80. The van der Waals surface area contributed by atoms with E-state index in [1.165, 1.54) is 0 Å². The largest absolute Gasteiger partial charge is 0.487 e. The van der Waals surface area contributed by atoms with E-state index in [0.717, 1.165) is 34.8 Å². The predicted molar refractivity (Wildman–Crippen MR) is 89.0 cm³/mol. The average molecular weight is 317 g/mol. The Morgan fingerprint density at radius 3 is 2.86 bits per heavy atom. The molecule has 0 amide bonds. The first-order valence-electron chi connectivity index (χ1n) is 7.29. The van der Waals surface area contributed by atoms with Gasteiger partial charge in [-0.25, -0.2) is 0 Å². The van der Waals surface area contributed by atoms with Gasteiger partial charge in [0.15, 0.2) is 0 Å². The van der Waals surface area contributed by atoms with Crippen molar-refractivity contribution in [3.05, 3.63) is 46.4 Å². The summed E-state index contributed by atoms with van der Waals surface area (Å²) in [6, 6.07) is 7.69. The standard InChI is InChI=1S/C17H19NO3S/c1-11-7-12(9-18(2)17(11)19)15-8-14(22)3-4-16(15)21-13-5-6-20-10-13/h3-4,7-9,13,22H,5-6,10H2,1-2H3. The number of rotatable bonds is 3. The minimum absolute atomic E-state index is 0.0115. The molecule has 22 heavy (non-hydrogen) atoms. The van der Waals surface area contributed by atoms with E-state index >= 15 is 0 Å². The average Bonchev–Trinajstić information content (AvgIpc) is 2.99. The Hall–Kier alpha value is -1.72. The molecule has 0 aliphatic carbocycles. The molecule has 116 valence electrons. The topological polar surface area (TPSA) is 40.5 Å². The molecule has 4 nitrogen and oxygen atoms in total. The molecule has 1 aromatic carbocycles. The monoisotopic (exact) mass is 317 g/mol. The van der Waals surface area contributed by atoms with Crippen molar-refractivity contribution in [3.63, 3.8) is 0 Å². The van der Waals surface area contributed by atoms with Crippen molar-refractivity contribution < 1.29 is 9.47 Å². The van der Waals surface area contributed by atoms with Crippen LogP contribution in [0.2, 0.25) is 0 Å². The number of hydrogen-bond donors (Lipinski definition) is 1. The molecule has 1 saturated heterocycles. The summed E-state index contributed by atoms with van der Waals surface area (Å²) in [5.41, 5.74) is 2.61. The van der Waals surface area contributed by atoms with Crippen LogP contribution in [0.5, 0.6) is 5.75 Å². The van der Waals surface area contributed by atoms with E-state index in [2.05, 4.69) is 12.6 Å². The van der Waals surface area contributed by atoms with Gasteiger partial charge >= 0.3 is 0 Å². The Morgan fingerprint density at radius 1 is 1.36 bits per heavy atom. The molecule has 0 N–H and O–H groups in total. The molecule has 2 aromatic rings. The number of pyridine rings is 1. The first-order valence-corrected chi connectivity index (χ1v) is 7.74. The van der Waals surface area contributed by atoms with Gasteiger partial charge in [-0.15, -0.1) is 12.6 Å². The number of aromatic nitrogens is 1.